The van der Waals surface area contributed by atoms with Gasteiger partial charge in [-0.15, -0.1) is 5.10 Å². The highest BCUT2D eigenvalue weighted by atomic mass is 35.5. The smallest absolute Gasteiger partial charge is 0.266 e. The van der Waals surface area contributed by atoms with E-state index >= 15 is 0 Å². The highest BCUT2D eigenvalue weighted by molar-refractivity contribution is 7.93. The van der Waals surface area contributed by atoms with Gasteiger partial charge in [0.1, 0.15) is 9.90 Å². The van der Waals surface area contributed by atoms with Crippen LogP contribution in [0.15, 0.2) is 23.2 Å². The fraction of sp³-hybridized carbons (Fsp3) is 0. The first-order valence-electron chi connectivity index (χ1n) is 4.45. The Morgan fingerprint density at radius 1 is 1.33 bits per heavy atom. The van der Waals surface area contributed by atoms with E-state index in [-0.39, 0.29) is 25.6 Å². The molecule has 1 aromatic carbocycles. The number of hydrogen-bond donors (Lipinski definition) is 2. The van der Waals surface area contributed by atoms with Crippen molar-refractivity contribution < 1.29 is 8.42 Å². The lowest BCUT2D eigenvalue weighted by Gasteiger charge is -2.10. The molecule has 18 heavy (non-hydrogen) atoms. The quantitative estimate of drug-likeness (QED) is 0.843. The molecular formula is C8H6Cl2N4O2S2. The first-order valence-corrected chi connectivity index (χ1v) is 7.46. The maximum Gasteiger partial charge on any atom is 0.266 e. The van der Waals surface area contributed by atoms with Crippen molar-refractivity contribution >= 4 is 55.4 Å². The van der Waals surface area contributed by atoms with E-state index in [2.05, 4.69) is 14.3 Å². The zero-order valence-corrected chi connectivity index (χ0v) is 11.7. The van der Waals surface area contributed by atoms with Gasteiger partial charge in [0.2, 0.25) is 0 Å². The zero-order chi connectivity index (χ0) is 13.3. The zero-order valence-electron chi connectivity index (χ0n) is 8.59. The van der Waals surface area contributed by atoms with Crippen molar-refractivity contribution in [1.82, 2.24) is 9.59 Å². The molecule has 0 aliphatic heterocycles. The number of hydrogen-bond acceptors (Lipinski definition) is 6. The molecule has 0 atom stereocenters. The van der Waals surface area contributed by atoms with E-state index in [0.717, 1.165) is 11.5 Å². The second-order valence-corrected chi connectivity index (χ2v) is 6.44. The molecule has 0 unspecified atom stereocenters. The molecule has 2 rings (SSSR count). The molecule has 0 fully saturated rings. The van der Waals surface area contributed by atoms with Gasteiger partial charge in [0.25, 0.3) is 10.0 Å². The van der Waals surface area contributed by atoms with E-state index in [9.17, 15) is 8.42 Å². The fourth-order valence-corrected chi connectivity index (χ4v) is 3.93. The molecule has 1 heterocycles. The number of benzene rings is 1. The Labute approximate surface area is 117 Å². The summed E-state index contributed by atoms with van der Waals surface area (Å²) in [6, 6.07) is 2.62. The summed E-state index contributed by atoms with van der Waals surface area (Å²) >= 11 is 12.5. The van der Waals surface area contributed by atoms with E-state index in [1.165, 1.54) is 18.3 Å². The standard InChI is InChI=1S/C8H6Cl2N4O2S2/c9-4-1-5(10)8(6(11)2-4)18(15,16)13-7-3-12-14-17-7/h1-3,13H,11H2. The normalized spacial score (nSPS) is 11.4. The largest absolute Gasteiger partial charge is 0.398 e. The van der Waals surface area contributed by atoms with Gasteiger partial charge < -0.3 is 5.73 Å². The minimum Gasteiger partial charge on any atom is -0.398 e. The number of sulfonamides is 1. The van der Waals surface area contributed by atoms with Gasteiger partial charge in [-0.3, -0.25) is 4.72 Å². The molecule has 96 valence electrons. The number of aromatic nitrogens is 2. The molecule has 0 aliphatic rings. The molecule has 2 aromatic rings. The van der Waals surface area contributed by atoms with Crippen LogP contribution in [0.3, 0.4) is 0 Å². The van der Waals surface area contributed by atoms with Crippen molar-refractivity contribution in [1.29, 1.82) is 0 Å². The topological polar surface area (TPSA) is 98.0 Å². The van der Waals surface area contributed by atoms with Crippen molar-refractivity contribution in [3.05, 3.63) is 28.4 Å². The second kappa shape index (κ2) is 4.88. The minimum atomic E-state index is -3.90. The Bertz CT molecular complexity index is 649. The lowest BCUT2D eigenvalue weighted by molar-refractivity contribution is 0.602. The van der Waals surface area contributed by atoms with E-state index < -0.39 is 10.0 Å². The number of nitrogen functional groups attached to an aromatic ring is 1. The Balaban J connectivity index is 2.48. The third kappa shape index (κ3) is 2.66. The van der Waals surface area contributed by atoms with Crippen molar-refractivity contribution in [2.75, 3.05) is 10.5 Å². The highest BCUT2D eigenvalue weighted by Crippen LogP contribution is 2.32. The number of anilines is 2. The Morgan fingerprint density at radius 3 is 2.61 bits per heavy atom. The molecule has 10 heteroatoms. The van der Waals surface area contributed by atoms with Crippen LogP contribution in [0.4, 0.5) is 10.7 Å². The van der Waals surface area contributed by atoms with Gasteiger partial charge >= 0.3 is 0 Å². The van der Waals surface area contributed by atoms with E-state index in [1.54, 1.807) is 0 Å². The molecule has 1 aromatic heterocycles. The van der Waals surface area contributed by atoms with Crippen molar-refractivity contribution in [3.8, 4) is 0 Å². The van der Waals surface area contributed by atoms with Crippen molar-refractivity contribution in [2.45, 2.75) is 4.90 Å². The summed E-state index contributed by atoms with van der Waals surface area (Å²) in [4.78, 5) is -0.220. The SMILES string of the molecule is Nc1cc(Cl)cc(Cl)c1S(=O)(=O)Nc1cnns1. The summed E-state index contributed by atoms with van der Waals surface area (Å²) in [6.07, 6.45) is 1.28. The molecule has 6 nitrogen and oxygen atoms in total. The Kier molecular flexibility index (Phi) is 3.62. The van der Waals surface area contributed by atoms with E-state index in [0.29, 0.717) is 0 Å². The van der Waals surface area contributed by atoms with Crippen molar-refractivity contribution in [2.24, 2.45) is 0 Å². The molecule has 0 bridgehead atoms. The molecule has 0 saturated heterocycles. The predicted octanol–water partition coefficient (Wildman–Crippen LogP) is 2.23. The van der Waals surface area contributed by atoms with Gasteiger partial charge in [-0.25, -0.2) is 8.42 Å². The number of nitrogens with zero attached hydrogens (tertiary/aromatic N) is 2. The van der Waals surface area contributed by atoms with E-state index in [4.69, 9.17) is 28.9 Å². The second-order valence-electron chi connectivity index (χ2n) is 3.19. The first kappa shape index (κ1) is 13.3. The molecule has 0 amide bonds. The minimum absolute atomic E-state index is 0.0301. The van der Waals surface area contributed by atoms with Crippen LogP contribution < -0.4 is 10.5 Å². The maximum absolute atomic E-state index is 12.1. The summed E-state index contributed by atoms with van der Waals surface area (Å²) in [7, 11) is -3.90. The van der Waals surface area contributed by atoms with Gasteiger partial charge in [0, 0.05) is 16.6 Å². The van der Waals surface area contributed by atoms with Gasteiger partial charge in [-0.2, -0.15) is 0 Å². The van der Waals surface area contributed by atoms with Crippen LogP contribution in [0.1, 0.15) is 0 Å². The molecule has 0 saturated carbocycles. The lowest BCUT2D eigenvalue weighted by atomic mass is 10.3. The van der Waals surface area contributed by atoms with Crippen LogP contribution in [0.5, 0.6) is 0 Å². The number of halogens is 2. The third-order valence-electron chi connectivity index (χ3n) is 1.90. The number of nitrogens with two attached hydrogens (primary N) is 1. The third-order valence-corrected chi connectivity index (χ3v) is 4.72. The molecule has 3 N–H and O–H groups in total. The summed E-state index contributed by atoms with van der Waals surface area (Å²) in [5.41, 5.74) is 5.59. The molecule has 0 aliphatic carbocycles. The van der Waals surface area contributed by atoms with Gasteiger partial charge in [0.05, 0.1) is 16.9 Å². The average Bonchev–Trinajstić information content (AvgIpc) is 2.66. The monoisotopic (exact) mass is 324 g/mol. The van der Waals surface area contributed by atoms with Gasteiger partial charge in [-0.05, 0) is 12.1 Å². The summed E-state index contributed by atoms with van der Waals surface area (Å²) < 4.78 is 30.0. The average molecular weight is 325 g/mol. The van der Waals surface area contributed by atoms with Crippen LogP contribution in [0, 0.1) is 0 Å². The van der Waals surface area contributed by atoms with E-state index in [1.807, 2.05) is 0 Å². The number of nitrogens with one attached hydrogen (secondary N) is 1. The van der Waals surface area contributed by atoms with Crippen LogP contribution in [0.25, 0.3) is 0 Å². The van der Waals surface area contributed by atoms with Crippen LogP contribution in [-0.4, -0.2) is 18.0 Å². The lowest BCUT2D eigenvalue weighted by Crippen LogP contribution is -2.14. The first-order chi connectivity index (χ1) is 8.40. The number of rotatable bonds is 3. The molecule has 0 radical (unpaired) electrons. The Hall–Kier alpha value is -1.09. The van der Waals surface area contributed by atoms with Crippen molar-refractivity contribution in [3.63, 3.8) is 0 Å². The fourth-order valence-electron chi connectivity index (χ4n) is 1.26. The summed E-state index contributed by atoms with van der Waals surface area (Å²) in [5, 5.41) is 3.99. The van der Waals surface area contributed by atoms with Crippen LogP contribution >= 0.6 is 34.7 Å². The molecule has 0 spiro atoms. The predicted molar refractivity (Wildman–Crippen MR) is 71.6 cm³/mol. The molecular weight excluding hydrogens is 319 g/mol. The summed E-state index contributed by atoms with van der Waals surface area (Å²) in [6.45, 7) is 0. The summed E-state index contributed by atoms with van der Waals surface area (Å²) in [5.74, 6) is 0. The van der Waals surface area contributed by atoms with Crippen LogP contribution in [-0.2, 0) is 10.0 Å². The maximum atomic E-state index is 12.1. The van der Waals surface area contributed by atoms with Gasteiger partial charge in [0.15, 0.2) is 0 Å². The van der Waals surface area contributed by atoms with Gasteiger partial charge in [-0.1, -0.05) is 27.7 Å². The Morgan fingerprint density at radius 2 is 2.06 bits per heavy atom. The highest BCUT2D eigenvalue weighted by Gasteiger charge is 2.22. The van der Waals surface area contributed by atoms with Crippen LogP contribution in [0.2, 0.25) is 10.0 Å².